The molecule has 0 spiro atoms. The van der Waals surface area contributed by atoms with E-state index in [4.69, 9.17) is 18.5 Å². The molecular formula is C44H82NO8P. The van der Waals surface area contributed by atoms with Crippen LogP contribution in [0.15, 0.2) is 36.5 Å². The number of phosphoric acid groups is 1. The van der Waals surface area contributed by atoms with E-state index in [-0.39, 0.29) is 26.1 Å². The van der Waals surface area contributed by atoms with Crippen LogP contribution >= 0.6 is 7.82 Å². The van der Waals surface area contributed by atoms with Crippen molar-refractivity contribution in [3.63, 3.8) is 0 Å². The molecule has 0 aliphatic rings. The molecule has 0 saturated carbocycles. The van der Waals surface area contributed by atoms with Gasteiger partial charge in [-0.25, -0.2) is 0 Å². The summed E-state index contributed by atoms with van der Waals surface area (Å²) in [4.78, 5) is 37.5. The molecule has 0 aromatic carbocycles. The highest BCUT2D eigenvalue weighted by Gasteiger charge is 2.21. The summed E-state index contributed by atoms with van der Waals surface area (Å²) in [6.07, 6.45) is 40.2. The lowest BCUT2D eigenvalue weighted by Gasteiger charge is -2.28. The van der Waals surface area contributed by atoms with E-state index in [1.165, 1.54) is 77.0 Å². The van der Waals surface area contributed by atoms with E-state index in [9.17, 15) is 19.0 Å². The van der Waals surface area contributed by atoms with Crippen LogP contribution in [0.1, 0.15) is 181 Å². The van der Waals surface area contributed by atoms with Crippen LogP contribution in [0.2, 0.25) is 0 Å². The van der Waals surface area contributed by atoms with Crippen molar-refractivity contribution in [2.24, 2.45) is 0 Å². The summed E-state index contributed by atoms with van der Waals surface area (Å²) < 4.78 is 33.9. The molecule has 0 aliphatic carbocycles. The molecule has 0 bridgehead atoms. The maximum Gasteiger partial charge on any atom is 0.306 e. The van der Waals surface area contributed by atoms with Gasteiger partial charge in [0.25, 0.3) is 7.82 Å². The van der Waals surface area contributed by atoms with Crippen molar-refractivity contribution >= 4 is 19.8 Å². The van der Waals surface area contributed by atoms with Crippen molar-refractivity contribution in [2.75, 3.05) is 47.5 Å². The van der Waals surface area contributed by atoms with Gasteiger partial charge in [-0.15, -0.1) is 0 Å². The Morgan fingerprint density at radius 2 is 1.06 bits per heavy atom. The summed E-state index contributed by atoms with van der Waals surface area (Å²) in [5, 5.41) is 0. The van der Waals surface area contributed by atoms with Crippen molar-refractivity contribution < 1.29 is 42.1 Å². The fourth-order valence-corrected chi connectivity index (χ4v) is 6.51. The summed E-state index contributed by atoms with van der Waals surface area (Å²) in [5.41, 5.74) is 0. The number of unbranched alkanes of at least 4 members (excludes halogenated alkanes) is 19. The maximum absolute atomic E-state index is 12.7. The molecule has 0 heterocycles. The minimum atomic E-state index is -4.62. The van der Waals surface area contributed by atoms with Gasteiger partial charge in [-0.3, -0.25) is 14.2 Å². The predicted octanol–water partition coefficient (Wildman–Crippen LogP) is 11.5. The first kappa shape index (κ1) is 52.2. The summed E-state index contributed by atoms with van der Waals surface area (Å²) in [5.74, 6) is -0.851. The van der Waals surface area contributed by atoms with Gasteiger partial charge in [0.2, 0.25) is 0 Å². The molecular weight excluding hydrogens is 701 g/mol. The van der Waals surface area contributed by atoms with Gasteiger partial charge in [0, 0.05) is 12.8 Å². The second-order valence-corrected chi connectivity index (χ2v) is 17.1. The molecule has 0 aromatic heterocycles. The predicted molar refractivity (Wildman–Crippen MR) is 222 cm³/mol. The summed E-state index contributed by atoms with van der Waals surface area (Å²) in [6.45, 7) is 4.10. The Bertz CT molecular complexity index is 1020. The number of esters is 2. The minimum Gasteiger partial charge on any atom is -0.756 e. The quantitative estimate of drug-likeness (QED) is 0.0199. The number of likely N-dealkylation sites (N-methyl/N-ethyl adjacent to an activating group) is 1. The zero-order valence-corrected chi connectivity index (χ0v) is 36.3. The summed E-state index contributed by atoms with van der Waals surface area (Å²) >= 11 is 0. The van der Waals surface area contributed by atoms with Crippen molar-refractivity contribution in [2.45, 2.75) is 187 Å². The van der Waals surface area contributed by atoms with Crippen LogP contribution in [0.5, 0.6) is 0 Å². The molecule has 0 radical (unpaired) electrons. The van der Waals surface area contributed by atoms with Gasteiger partial charge in [0.05, 0.1) is 27.7 Å². The van der Waals surface area contributed by atoms with Crippen LogP contribution in [0.3, 0.4) is 0 Å². The number of carbonyl (C=O) groups is 2. The Balaban J connectivity index is 4.38. The Labute approximate surface area is 331 Å². The Hall–Kier alpha value is -1.77. The van der Waals surface area contributed by atoms with Crippen molar-refractivity contribution in [3.8, 4) is 0 Å². The third kappa shape index (κ3) is 39.9. The van der Waals surface area contributed by atoms with Crippen LogP contribution in [0.25, 0.3) is 0 Å². The lowest BCUT2D eigenvalue weighted by atomic mass is 10.0. The van der Waals surface area contributed by atoms with Crippen molar-refractivity contribution in [3.05, 3.63) is 36.5 Å². The minimum absolute atomic E-state index is 0.0331. The summed E-state index contributed by atoms with van der Waals surface area (Å²) in [6, 6.07) is 0. The van der Waals surface area contributed by atoms with E-state index < -0.39 is 32.5 Å². The van der Waals surface area contributed by atoms with Gasteiger partial charge in [-0.05, 0) is 44.9 Å². The third-order valence-corrected chi connectivity index (χ3v) is 10.1. The smallest absolute Gasteiger partial charge is 0.306 e. The monoisotopic (exact) mass is 784 g/mol. The molecule has 0 N–H and O–H groups in total. The molecule has 316 valence electrons. The first-order valence-electron chi connectivity index (χ1n) is 21.7. The molecule has 0 fully saturated rings. The van der Waals surface area contributed by atoms with Crippen LogP contribution in [0, 0.1) is 0 Å². The van der Waals surface area contributed by atoms with Crippen LogP contribution < -0.4 is 4.89 Å². The van der Waals surface area contributed by atoms with E-state index in [0.29, 0.717) is 23.9 Å². The molecule has 0 saturated heterocycles. The number of ether oxygens (including phenoxy) is 2. The van der Waals surface area contributed by atoms with E-state index in [1.807, 2.05) is 21.1 Å². The van der Waals surface area contributed by atoms with E-state index in [1.54, 1.807) is 0 Å². The van der Waals surface area contributed by atoms with Crippen LogP contribution in [-0.4, -0.2) is 70.0 Å². The number of nitrogens with zero attached hydrogens (tertiary/aromatic N) is 1. The fraction of sp³-hybridized carbons (Fsp3) is 0.818. The standard InChI is InChI=1S/C44H82NO8P/c1-6-8-10-12-14-16-18-20-22-24-26-28-30-32-34-36-43(46)50-40-42(41-52-54(48,49)51-39-38-45(3,4)5)53-44(47)37-35-33-31-29-27-25-23-21-19-17-15-13-11-9-7-2/h8,10,14,16,20,22,42H,6-7,9,11-13,15,17-19,21,23-41H2,1-5H3/b10-8+,16-14+,22-20+/t42-/m1/s1. The first-order chi connectivity index (χ1) is 26.0. The van der Waals surface area contributed by atoms with Gasteiger partial charge in [0.1, 0.15) is 19.8 Å². The Kier molecular flexibility index (Phi) is 35.6. The van der Waals surface area contributed by atoms with Crippen LogP contribution in [0.4, 0.5) is 0 Å². The van der Waals surface area contributed by atoms with Gasteiger partial charge in [-0.2, -0.15) is 0 Å². The molecule has 0 aliphatic heterocycles. The zero-order chi connectivity index (χ0) is 40.0. The largest absolute Gasteiger partial charge is 0.756 e. The number of hydrogen-bond donors (Lipinski definition) is 0. The highest BCUT2D eigenvalue weighted by molar-refractivity contribution is 7.45. The van der Waals surface area contributed by atoms with E-state index in [2.05, 4.69) is 50.3 Å². The molecule has 0 aromatic rings. The molecule has 10 heteroatoms. The van der Waals surface area contributed by atoms with E-state index >= 15 is 0 Å². The topological polar surface area (TPSA) is 111 Å². The zero-order valence-electron chi connectivity index (χ0n) is 35.4. The fourth-order valence-electron chi connectivity index (χ4n) is 5.79. The van der Waals surface area contributed by atoms with Crippen LogP contribution in [-0.2, 0) is 32.7 Å². The molecule has 2 atom stereocenters. The second kappa shape index (κ2) is 36.8. The number of carbonyl (C=O) groups excluding carboxylic acids is 2. The maximum atomic E-state index is 12.7. The molecule has 54 heavy (non-hydrogen) atoms. The average molecular weight is 784 g/mol. The van der Waals surface area contributed by atoms with Gasteiger partial charge in [-0.1, -0.05) is 159 Å². The molecule has 0 rings (SSSR count). The Morgan fingerprint density at radius 1 is 0.593 bits per heavy atom. The lowest BCUT2D eigenvalue weighted by molar-refractivity contribution is -0.870. The van der Waals surface area contributed by atoms with Gasteiger partial charge < -0.3 is 27.9 Å². The number of hydrogen-bond acceptors (Lipinski definition) is 8. The van der Waals surface area contributed by atoms with Gasteiger partial charge in [0.15, 0.2) is 6.10 Å². The van der Waals surface area contributed by atoms with Crippen molar-refractivity contribution in [1.82, 2.24) is 0 Å². The number of quaternary nitrogens is 1. The SMILES string of the molecule is CC/C=C/C/C=C/C/C=C/CCCCCCCC(=O)OC[C@H](COP(=O)([O-])OCC[N+](C)(C)C)OC(=O)CCCCCCCCCCCCCCCCC. The number of allylic oxidation sites excluding steroid dienone is 6. The molecule has 9 nitrogen and oxygen atoms in total. The number of phosphoric ester groups is 1. The first-order valence-corrected chi connectivity index (χ1v) is 23.2. The van der Waals surface area contributed by atoms with Crippen molar-refractivity contribution in [1.29, 1.82) is 0 Å². The summed E-state index contributed by atoms with van der Waals surface area (Å²) in [7, 11) is 1.16. The molecule has 1 unspecified atom stereocenters. The normalized spacial score (nSPS) is 14.0. The highest BCUT2D eigenvalue weighted by atomic mass is 31.2. The number of rotatable bonds is 39. The highest BCUT2D eigenvalue weighted by Crippen LogP contribution is 2.38. The second-order valence-electron chi connectivity index (χ2n) is 15.7. The molecule has 0 amide bonds. The Morgan fingerprint density at radius 3 is 1.57 bits per heavy atom. The van der Waals surface area contributed by atoms with Gasteiger partial charge >= 0.3 is 11.9 Å². The average Bonchev–Trinajstić information content (AvgIpc) is 3.12. The van der Waals surface area contributed by atoms with E-state index in [0.717, 1.165) is 64.2 Å². The lowest BCUT2D eigenvalue weighted by Crippen LogP contribution is -2.37. The third-order valence-electron chi connectivity index (χ3n) is 9.17.